The topological polar surface area (TPSA) is 112 Å². The number of ether oxygens (including phenoxy) is 1. The van der Waals surface area contributed by atoms with Crippen molar-refractivity contribution in [2.75, 3.05) is 11.9 Å². The zero-order valence-electron chi connectivity index (χ0n) is 17.3. The number of nitrogens with one attached hydrogen (secondary N) is 1. The molecule has 0 aliphatic heterocycles. The standard InChI is InChI=1S/C21H18F3N5O3S/c1-29-15-7-4-11(18(31)32-8-2-3-17(25)30)9-14(15)26-19(29)28-20-27-13-6-5-12(21(22,23)24)10-16(13)33-20/h4-7,9-10H,2-3,8H2,1H3,(H2,25,30)(H,26,27,28). The minimum atomic E-state index is -4.43. The smallest absolute Gasteiger partial charge is 0.416 e. The summed E-state index contributed by atoms with van der Waals surface area (Å²) >= 11 is 1.08. The van der Waals surface area contributed by atoms with Crippen molar-refractivity contribution in [1.82, 2.24) is 14.5 Å². The Morgan fingerprint density at radius 2 is 1.94 bits per heavy atom. The van der Waals surface area contributed by atoms with Gasteiger partial charge in [0.1, 0.15) is 0 Å². The molecule has 0 atom stereocenters. The lowest BCUT2D eigenvalue weighted by molar-refractivity contribution is -0.137. The van der Waals surface area contributed by atoms with E-state index in [1.165, 1.54) is 6.07 Å². The van der Waals surface area contributed by atoms with Gasteiger partial charge in [-0.1, -0.05) is 11.3 Å². The normalized spacial score (nSPS) is 11.8. The Hall–Kier alpha value is -3.67. The van der Waals surface area contributed by atoms with E-state index >= 15 is 0 Å². The first-order chi connectivity index (χ1) is 15.6. The maximum atomic E-state index is 13.0. The molecule has 0 bridgehead atoms. The number of primary amides is 1. The molecular weight excluding hydrogens is 459 g/mol. The SMILES string of the molecule is Cn1c(Nc2nc3ccc(C(F)(F)F)cc3s2)nc2cc(C(=O)OCCCC(N)=O)ccc21. The Kier molecular flexibility index (Phi) is 5.93. The zero-order valence-corrected chi connectivity index (χ0v) is 18.1. The van der Waals surface area contributed by atoms with E-state index in [9.17, 15) is 22.8 Å². The van der Waals surface area contributed by atoms with Crippen LogP contribution in [0.25, 0.3) is 21.3 Å². The molecule has 3 N–H and O–H groups in total. The number of carbonyl (C=O) groups is 2. The van der Waals surface area contributed by atoms with E-state index in [1.807, 2.05) is 0 Å². The van der Waals surface area contributed by atoms with Gasteiger partial charge in [-0.05, 0) is 42.8 Å². The molecule has 8 nitrogen and oxygen atoms in total. The molecule has 4 rings (SSSR count). The molecule has 0 radical (unpaired) electrons. The van der Waals surface area contributed by atoms with Crippen LogP contribution in [0.15, 0.2) is 36.4 Å². The number of hydrogen-bond acceptors (Lipinski definition) is 7. The number of aryl methyl sites for hydroxylation is 1. The summed E-state index contributed by atoms with van der Waals surface area (Å²) in [5.41, 5.74) is 6.30. The third-order valence-corrected chi connectivity index (χ3v) is 5.79. The van der Waals surface area contributed by atoms with Gasteiger partial charge >= 0.3 is 12.1 Å². The number of halogens is 3. The fourth-order valence-electron chi connectivity index (χ4n) is 3.18. The number of aromatic nitrogens is 3. The highest BCUT2D eigenvalue weighted by Gasteiger charge is 2.30. The highest BCUT2D eigenvalue weighted by atomic mass is 32.1. The van der Waals surface area contributed by atoms with Gasteiger partial charge in [0.25, 0.3) is 0 Å². The number of thiazole rings is 1. The number of carbonyl (C=O) groups excluding carboxylic acids is 2. The quantitative estimate of drug-likeness (QED) is 0.302. The summed E-state index contributed by atoms with van der Waals surface area (Å²) in [4.78, 5) is 31.8. The minimum Gasteiger partial charge on any atom is -0.462 e. The predicted octanol–water partition coefficient (Wildman–Crippen LogP) is 4.37. The number of alkyl halides is 3. The van der Waals surface area contributed by atoms with Crippen LogP contribution in [0.2, 0.25) is 0 Å². The number of fused-ring (bicyclic) bond motifs is 2. The van der Waals surface area contributed by atoms with E-state index < -0.39 is 23.6 Å². The van der Waals surface area contributed by atoms with Crippen molar-refractivity contribution >= 4 is 55.5 Å². The van der Waals surface area contributed by atoms with Gasteiger partial charge in [-0.25, -0.2) is 14.8 Å². The van der Waals surface area contributed by atoms with Crippen molar-refractivity contribution in [2.24, 2.45) is 12.8 Å². The molecule has 1 amide bonds. The fraction of sp³-hybridized carbons (Fsp3) is 0.238. The maximum Gasteiger partial charge on any atom is 0.416 e. The fourth-order valence-corrected chi connectivity index (χ4v) is 4.08. The number of esters is 1. The average Bonchev–Trinajstić information content (AvgIpc) is 3.29. The Balaban J connectivity index is 1.53. The van der Waals surface area contributed by atoms with Crippen molar-refractivity contribution in [1.29, 1.82) is 0 Å². The molecule has 33 heavy (non-hydrogen) atoms. The van der Waals surface area contributed by atoms with Crippen LogP contribution in [-0.2, 0) is 22.8 Å². The third-order valence-electron chi connectivity index (χ3n) is 4.85. The van der Waals surface area contributed by atoms with E-state index in [2.05, 4.69) is 15.3 Å². The largest absolute Gasteiger partial charge is 0.462 e. The van der Waals surface area contributed by atoms with Gasteiger partial charge in [0, 0.05) is 13.5 Å². The molecule has 0 aliphatic carbocycles. The number of amides is 1. The van der Waals surface area contributed by atoms with E-state index in [4.69, 9.17) is 10.5 Å². The number of benzene rings is 2. The first kappa shape index (κ1) is 22.5. The van der Waals surface area contributed by atoms with Crippen LogP contribution in [0.1, 0.15) is 28.8 Å². The van der Waals surface area contributed by atoms with Crippen LogP contribution >= 0.6 is 11.3 Å². The first-order valence-electron chi connectivity index (χ1n) is 9.78. The Morgan fingerprint density at radius 1 is 1.15 bits per heavy atom. The Bertz CT molecular complexity index is 1360. The lowest BCUT2D eigenvalue weighted by Gasteiger charge is -2.04. The number of anilines is 2. The summed E-state index contributed by atoms with van der Waals surface area (Å²) in [7, 11) is 1.76. The molecule has 0 saturated carbocycles. The maximum absolute atomic E-state index is 13.0. The molecule has 2 aromatic heterocycles. The molecule has 0 spiro atoms. The summed E-state index contributed by atoms with van der Waals surface area (Å²) in [6.07, 6.45) is -3.96. The average molecular weight is 477 g/mol. The van der Waals surface area contributed by atoms with Crippen molar-refractivity contribution in [3.05, 3.63) is 47.5 Å². The summed E-state index contributed by atoms with van der Waals surface area (Å²) < 4.78 is 46.1. The van der Waals surface area contributed by atoms with E-state index in [0.717, 1.165) is 29.0 Å². The van der Waals surface area contributed by atoms with Crippen LogP contribution in [0, 0.1) is 0 Å². The van der Waals surface area contributed by atoms with Crippen LogP contribution in [0.4, 0.5) is 24.3 Å². The summed E-state index contributed by atoms with van der Waals surface area (Å²) in [6, 6.07) is 8.27. The predicted molar refractivity (Wildman–Crippen MR) is 117 cm³/mol. The number of nitrogens with zero attached hydrogens (tertiary/aromatic N) is 3. The Morgan fingerprint density at radius 3 is 2.67 bits per heavy atom. The third kappa shape index (κ3) is 4.90. The molecule has 0 fully saturated rings. The number of rotatable bonds is 7. The molecular formula is C21H18F3N5O3S. The van der Waals surface area contributed by atoms with Gasteiger partial charge in [-0.2, -0.15) is 13.2 Å². The highest BCUT2D eigenvalue weighted by Crippen LogP contribution is 2.35. The van der Waals surface area contributed by atoms with E-state index in [1.54, 1.807) is 29.8 Å². The zero-order chi connectivity index (χ0) is 23.8. The lowest BCUT2D eigenvalue weighted by Crippen LogP contribution is -2.12. The molecule has 0 saturated heterocycles. The van der Waals surface area contributed by atoms with Crippen LogP contribution in [-0.4, -0.2) is 33.0 Å². The molecule has 0 unspecified atom stereocenters. The van der Waals surface area contributed by atoms with Gasteiger partial charge < -0.3 is 20.4 Å². The molecule has 4 aromatic rings. The number of imidazole rings is 1. The van der Waals surface area contributed by atoms with Crippen LogP contribution < -0.4 is 11.1 Å². The monoisotopic (exact) mass is 477 g/mol. The second-order valence-electron chi connectivity index (χ2n) is 7.23. The van der Waals surface area contributed by atoms with E-state index in [-0.39, 0.29) is 13.0 Å². The summed E-state index contributed by atoms with van der Waals surface area (Å²) in [5.74, 6) is -0.602. The van der Waals surface area contributed by atoms with E-state index in [0.29, 0.717) is 38.8 Å². The molecule has 172 valence electrons. The van der Waals surface area contributed by atoms with Gasteiger partial charge in [-0.3, -0.25) is 4.79 Å². The van der Waals surface area contributed by atoms with Gasteiger partial charge in [0.05, 0.1) is 39.0 Å². The van der Waals surface area contributed by atoms with Gasteiger partial charge in [0.15, 0.2) is 5.13 Å². The van der Waals surface area contributed by atoms with Gasteiger partial charge in [-0.15, -0.1) is 0 Å². The summed E-state index contributed by atoms with van der Waals surface area (Å²) in [5, 5.41) is 3.41. The first-order valence-corrected chi connectivity index (χ1v) is 10.6. The van der Waals surface area contributed by atoms with Crippen molar-refractivity contribution in [2.45, 2.75) is 19.0 Å². The highest BCUT2D eigenvalue weighted by molar-refractivity contribution is 7.22. The lowest BCUT2D eigenvalue weighted by atomic mass is 10.2. The van der Waals surface area contributed by atoms with Crippen LogP contribution in [0.3, 0.4) is 0 Å². The molecule has 2 heterocycles. The van der Waals surface area contributed by atoms with Gasteiger partial charge in [0.2, 0.25) is 11.9 Å². The minimum absolute atomic E-state index is 0.0719. The number of nitrogens with two attached hydrogens (primary N) is 1. The molecule has 0 aliphatic rings. The number of hydrogen-bond donors (Lipinski definition) is 2. The molecule has 12 heteroatoms. The molecule has 2 aromatic carbocycles. The van der Waals surface area contributed by atoms with Crippen molar-refractivity contribution in [3.8, 4) is 0 Å². The second-order valence-corrected chi connectivity index (χ2v) is 8.26. The van der Waals surface area contributed by atoms with Crippen LogP contribution in [0.5, 0.6) is 0 Å². The Labute approximate surface area is 189 Å². The van der Waals surface area contributed by atoms with Crippen molar-refractivity contribution in [3.63, 3.8) is 0 Å². The summed E-state index contributed by atoms with van der Waals surface area (Å²) in [6.45, 7) is 0.0719. The second kappa shape index (κ2) is 8.70. The van der Waals surface area contributed by atoms with Crippen molar-refractivity contribution < 1.29 is 27.5 Å².